The summed E-state index contributed by atoms with van der Waals surface area (Å²) in [4.78, 5) is 9.01. The molecule has 4 nitrogen and oxygen atoms in total. The normalized spacial score (nSPS) is 11.7. The predicted molar refractivity (Wildman–Crippen MR) is 86.5 cm³/mol. The van der Waals surface area contributed by atoms with Crippen molar-refractivity contribution < 1.29 is 4.39 Å². The summed E-state index contributed by atoms with van der Waals surface area (Å²) in [5, 5.41) is 4.30. The summed E-state index contributed by atoms with van der Waals surface area (Å²) in [5.41, 5.74) is 6.97. The van der Waals surface area contributed by atoms with Gasteiger partial charge in [0.2, 0.25) is 0 Å². The summed E-state index contributed by atoms with van der Waals surface area (Å²) in [6, 6.07) is 13.9. The van der Waals surface area contributed by atoms with Crippen molar-refractivity contribution in [1.82, 2.24) is 9.97 Å². The number of para-hydroxylation sites is 2. The fraction of sp³-hybridized carbons (Fsp3) is 0.118. The van der Waals surface area contributed by atoms with E-state index in [0.717, 1.165) is 28.0 Å². The standard InChI is InChI=1S/C17H15FN4/c1-11(13-7-9-14(18)10-8-13)21-22-17-12(2)19-15-5-3-4-6-16(15)20-17/h3-10H,1-2H3,(H,20,22). The lowest BCUT2D eigenvalue weighted by Crippen LogP contribution is -2.03. The summed E-state index contributed by atoms with van der Waals surface area (Å²) in [6.45, 7) is 3.73. The van der Waals surface area contributed by atoms with E-state index in [2.05, 4.69) is 20.5 Å². The SMILES string of the molecule is CC(=NNc1nc2ccccc2nc1C)c1ccc(F)cc1. The average Bonchev–Trinajstić information content (AvgIpc) is 2.53. The van der Waals surface area contributed by atoms with E-state index in [4.69, 9.17) is 0 Å². The molecule has 0 saturated heterocycles. The van der Waals surface area contributed by atoms with Crippen LogP contribution in [0.25, 0.3) is 11.0 Å². The monoisotopic (exact) mass is 294 g/mol. The molecule has 1 aromatic heterocycles. The Morgan fingerprint density at radius 1 is 1.00 bits per heavy atom. The predicted octanol–water partition coefficient (Wildman–Crippen LogP) is 3.91. The van der Waals surface area contributed by atoms with Gasteiger partial charge in [0.05, 0.1) is 22.4 Å². The van der Waals surface area contributed by atoms with E-state index in [1.165, 1.54) is 12.1 Å². The third-order valence-corrected chi connectivity index (χ3v) is 3.34. The number of aromatic nitrogens is 2. The van der Waals surface area contributed by atoms with Gasteiger partial charge < -0.3 is 0 Å². The van der Waals surface area contributed by atoms with Crippen molar-refractivity contribution in [2.75, 3.05) is 5.43 Å². The van der Waals surface area contributed by atoms with Gasteiger partial charge in [0, 0.05) is 0 Å². The zero-order valence-electron chi connectivity index (χ0n) is 12.3. The Morgan fingerprint density at radius 3 is 2.32 bits per heavy atom. The van der Waals surface area contributed by atoms with E-state index in [9.17, 15) is 4.39 Å². The number of anilines is 1. The molecule has 22 heavy (non-hydrogen) atoms. The van der Waals surface area contributed by atoms with Crippen LogP contribution in [0.15, 0.2) is 53.6 Å². The molecule has 110 valence electrons. The Labute approximate surface area is 127 Å². The molecule has 3 rings (SSSR count). The van der Waals surface area contributed by atoms with Crippen LogP contribution >= 0.6 is 0 Å². The molecule has 2 aromatic carbocycles. The summed E-state index contributed by atoms with van der Waals surface area (Å²) in [5.74, 6) is 0.348. The van der Waals surface area contributed by atoms with Crippen LogP contribution in [0.4, 0.5) is 10.2 Å². The van der Waals surface area contributed by atoms with Crippen molar-refractivity contribution in [1.29, 1.82) is 0 Å². The number of fused-ring (bicyclic) bond motifs is 1. The van der Waals surface area contributed by atoms with Crippen molar-refractivity contribution in [3.05, 3.63) is 65.6 Å². The van der Waals surface area contributed by atoms with Crippen LogP contribution in [0.1, 0.15) is 18.2 Å². The maximum absolute atomic E-state index is 12.9. The topological polar surface area (TPSA) is 50.2 Å². The van der Waals surface area contributed by atoms with Crippen LogP contribution in [0.2, 0.25) is 0 Å². The van der Waals surface area contributed by atoms with E-state index >= 15 is 0 Å². The maximum atomic E-state index is 12.9. The minimum absolute atomic E-state index is 0.263. The second-order valence-corrected chi connectivity index (χ2v) is 4.96. The highest BCUT2D eigenvalue weighted by molar-refractivity contribution is 5.99. The molecular weight excluding hydrogens is 279 g/mol. The first kappa shape index (κ1) is 14.1. The number of hydrogen-bond acceptors (Lipinski definition) is 4. The van der Waals surface area contributed by atoms with E-state index in [1.807, 2.05) is 38.1 Å². The van der Waals surface area contributed by atoms with Gasteiger partial charge in [-0.1, -0.05) is 24.3 Å². The summed E-state index contributed by atoms with van der Waals surface area (Å²) in [6.07, 6.45) is 0. The fourth-order valence-corrected chi connectivity index (χ4v) is 2.09. The third kappa shape index (κ3) is 2.93. The van der Waals surface area contributed by atoms with Crippen molar-refractivity contribution in [2.24, 2.45) is 5.10 Å². The van der Waals surface area contributed by atoms with Gasteiger partial charge in [-0.05, 0) is 43.7 Å². The molecular formula is C17H15FN4. The molecule has 0 bridgehead atoms. The van der Waals surface area contributed by atoms with Crippen molar-refractivity contribution in [3.63, 3.8) is 0 Å². The van der Waals surface area contributed by atoms with Crippen LogP contribution in [0, 0.1) is 12.7 Å². The van der Waals surface area contributed by atoms with Gasteiger partial charge in [0.1, 0.15) is 5.82 Å². The summed E-state index contributed by atoms with van der Waals surface area (Å²) >= 11 is 0. The number of hydrogen-bond donors (Lipinski definition) is 1. The summed E-state index contributed by atoms with van der Waals surface area (Å²) in [7, 11) is 0. The molecule has 0 atom stereocenters. The van der Waals surface area contributed by atoms with Gasteiger partial charge in [0.25, 0.3) is 0 Å². The Hall–Kier alpha value is -2.82. The van der Waals surface area contributed by atoms with E-state index in [0.29, 0.717) is 5.82 Å². The van der Waals surface area contributed by atoms with Crippen molar-refractivity contribution in [2.45, 2.75) is 13.8 Å². The van der Waals surface area contributed by atoms with Crippen molar-refractivity contribution in [3.8, 4) is 0 Å². The van der Waals surface area contributed by atoms with E-state index < -0.39 is 0 Å². The number of halogens is 1. The van der Waals surface area contributed by atoms with Gasteiger partial charge in [0.15, 0.2) is 5.82 Å². The molecule has 1 N–H and O–H groups in total. The second kappa shape index (κ2) is 5.89. The zero-order chi connectivity index (χ0) is 15.5. The number of aryl methyl sites for hydroxylation is 1. The lowest BCUT2D eigenvalue weighted by atomic mass is 10.1. The molecule has 3 aromatic rings. The van der Waals surface area contributed by atoms with Crippen LogP contribution in [0.3, 0.4) is 0 Å². The fourth-order valence-electron chi connectivity index (χ4n) is 2.09. The molecule has 0 aliphatic carbocycles. The molecule has 0 radical (unpaired) electrons. The number of nitrogens with zero attached hydrogens (tertiary/aromatic N) is 3. The Bertz CT molecular complexity index is 841. The molecule has 0 unspecified atom stereocenters. The quantitative estimate of drug-likeness (QED) is 0.588. The van der Waals surface area contributed by atoms with Gasteiger partial charge in [-0.15, -0.1) is 0 Å². The van der Waals surface area contributed by atoms with Crippen molar-refractivity contribution >= 4 is 22.6 Å². The van der Waals surface area contributed by atoms with Gasteiger partial charge in [-0.25, -0.2) is 14.4 Å². The average molecular weight is 294 g/mol. The van der Waals surface area contributed by atoms with Crippen LogP contribution in [-0.4, -0.2) is 15.7 Å². The Kier molecular flexibility index (Phi) is 3.78. The lowest BCUT2D eigenvalue weighted by molar-refractivity contribution is 0.628. The van der Waals surface area contributed by atoms with Gasteiger partial charge >= 0.3 is 0 Å². The Balaban J connectivity index is 1.87. The van der Waals surface area contributed by atoms with Crippen LogP contribution in [0.5, 0.6) is 0 Å². The highest BCUT2D eigenvalue weighted by Gasteiger charge is 2.04. The molecule has 0 saturated carbocycles. The smallest absolute Gasteiger partial charge is 0.168 e. The first-order chi connectivity index (χ1) is 10.6. The maximum Gasteiger partial charge on any atom is 0.168 e. The van der Waals surface area contributed by atoms with Gasteiger partial charge in [-0.3, -0.25) is 5.43 Å². The zero-order valence-corrected chi connectivity index (χ0v) is 12.3. The Morgan fingerprint density at radius 2 is 1.64 bits per heavy atom. The molecule has 0 fully saturated rings. The summed E-state index contributed by atoms with van der Waals surface area (Å²) < 4.78 is 12.9. The largest absolute Gasteiger partial charge is 0.260 e. The minimum atomic E-state index is -0.263. The lowest BCUT2D eigenvalue weighted by Gasteiger charge is -2.07. The number of nitrogens with one attached hydrogen (secondary N) is 1. The third-order valence-electron chi connectivity index (χ3n) is 3.34. The first-order valence-electron chi connectivity index (χ1n) is 6.93. The molecule has 0 spiro atoms. The minimum Gasteiger partial charge on any atom is -0.260 e. The highest BCUT2D eigenvalue weighted by Crippen LogP contribution is 2.16. The number of rotatable bonds is 3. The van der Waals surface area contributed by atoms with E-state index in [1.54, 1.807) is 12.1 Å². The highest BCUT2D eigenvalue weighted by atomic mass is 19.1. The second-order valence-electron chi connectivity index (χ2n) is 4.96. The molecule has 0 aliphatic rings. The number of benzene rings is 2. The van der Waals surface area contributed by atoms with Crippen LogP contribution < -0.4 is 5.43 Å². The molecule has 0 amide bonds. The molecule has 1 heterocycles. The molecule has 5 heteroatoms. The first-order valence-corrected chi connectivity index (χ1v) is 6.93. The van der Waals surface area contributed by atoms with E-state index in [-0.39, 0.29) is 5.82 Å². The van der Waals surface area contributed by atoms with Gasteiger partial charge in [-0.2, -0.15) is 5.10 Å². The number of hydrazone groups is 1. The molecule has 0 aliphatic heterocycles. The van der Waals surface area contributed by atoms with Crippen LogP contribution in [-0.2, 0) is 0 Å².